The van der Waals surface area contributed by atoms with E-state index in [1.165, 1.54) is 24.0 Å². The Hall–Kier alpha value is -2.40. The fourth-order valence-electron chi connectivity index (χ4n) is 2.05. The number of hydrogen-bond donors (Lipinski definition) is 1. The summed E-state index contributed by atoms with van der Waals surface area (Å²) in [5.74, 6) is -2.79. The fourth-order valence-corrected chi connectivity index (χ4v) is 2.22. The summed E-state index contributed by atoms with van der Waals surface area (Å²) in [5, 5.41) is 8.98. The Labute approximate surface area is 138 Å². The van der Waals surface area contributed by atoms with Gasteiger partial charge in [-0.25, -0.2) is 4.39 Å². The zero-order valence-corrected chi connectivity index (χ0v) is 13.1. The van der Waals surface area contributed by atoms with Crippen LogP contribution in [0.3, 0.4) is 0 Å². The van der Waals surface area contributed by atoms with Crippen molar-refractivity contribution in [3.05, 3.63) is 64.9 Å². The molecule has 0 radical (unpaired) electrons. The molecule has 0 saturated heterocycles. The van der Waals surface area contributed by atoms with E-state index in [0.29, 0.717) is 11.3 Å². The van der Waals surface area contributed by atoms with Crippen LogP contribution in [0, 0.1) is 11.7 Å². The summed E-state index contributed by atoms with van der Waals surface area (Å²) >= 11 is 5.78. The number of nitrogens with zero attached hydrogens (tertiary/aromatic N) is 1. The van der Waals surface area contributed by atoms with Crippen molar-refractivity contribution >= 4 is 29.2 Å². The molecule has 23 heavy (non-hydrogen) atoms. The molecule has 2 aromatic rings. The van der Waals surface area contributed by atoms with Gasteiger partial charge in [0.1, 0.15) is 5.82 Å². The first-order valence-electron chi connectivity index (χ1n) is 6.95. The van der Waals surface area contributed by atoms with Crippen LogP contribution >= 0.6 is 11.6 Å². The van der Waals surface area contributed by atoms with Crippen LogP contribution in [-0.2, 0) is 4.79 Å². The molecule has 0 heterocycles. The molecule has 0 spiro atoms. The van der Waals surface area contributed by atoms with Crippen molar-refractivity contribution in [3.63, 3.8) is 0 Å². The minimum Gasteiger partial charge on any atom is -0.481 e. The number of benzene rings is 2. The first-order chi connectivity index (χ1) is 10.9. The van der Waals surface area contributed by atoms with Crippen LogP contribution in [0.15, 0.2) is 48.5 Å². The van der Waals surface area contributed by atoms with Crippen LogP contribution in [0.5, 0.6) is 0 Å². The van der Waals surface area contributed by atoms with E-state index >= 15 is 0 Å². The summed E-state index contributed by atoms with van der Waals surface area (Å²) in [7, 11) is 0. The average Bonchev–Trinajstić information content (AvgIpc) is 2.55. The Morgan fingerprint density at radius 3 is 2.43 bits per heavy atom. The maximum Gasteiger partial charge on any atom is 0.308 e. The van der Waals surface area contributed by atoms with Crippen molar-refractivity contribution in [1.82, 2.24) is 0 Å². The molecule has 2 rings (SSSR count). The number of rotatable bonds is 5. The summed E-state index contributed by atoms with van der Waals surface area (Å²) in [4.78, 5) is 25.1. The number of amides is 1. The molecule has 0 aliphatic rings. The number of halogens is 2. The lowest BCUT2D eigenvalue weighted by Crippen LogP contribution is -2.37. The van der Waals surface area contributed by atoms with E-state index in [2.05, 4.69) is 0 Å². The lowest BCUT2D eigenvalue weighted by atomic mass is 10.1. The van der Waals surface area contributed by atoms with E-state index < -0.39 is 17.7 Å². The molecule has 6 heteroatoms. The quantitative estimate of drug-likeness (QED) is 0.903. The highest BCUT2D eigenvalue weighted by molar-refractivity contribution is 6.31. The number of carbonyl (C=O) groups is 2. The first-order valence-corrected chi connectivity index (χ1v) is 7.32. The van der Waals surface area contributed by atoms with Crippen molar-refractivity contribution in [2.45, 2.75) is 6.92 Å². The number of carbonyl (C=O) groups excluding carboxylic acids is 1. The lowest BCUT2D eigenvalue weighted by molar-refractivity contribution is -0.140. The van der Waals surface area contributed by atoms with Crippen molar-refractivity contribution in [1.29, 1.82) is 0 Å². The molecule has 0 bridgehead atoms. The molecule has 1 amide bonds. The van der Waals surface area contributed by atoms with Gasteiger partial charge in [0.25, 0.3) is 5.91 Å². The monoisotopic (exact) mass is 335 g/mol. The highest BCUT2D eigenvalue weighted by Gasteiger charge is 2.23. The lowest BCUT2D eigenvalue weighted by Gasteiger charge is -2.25. The predicted octanol–water partition coefficient (Wildman–Crippen LogP) is 3.85. The van der Waals surface area contributed by atoms with E-state index in [4.69, 9.17) is 16.7 Å². The molecular weight excluding hydrogens is 321 g/mol. The predicted molar refractivity (Wildman–Crippen MR) is 86.3 cm³/mol. The van der Waals surface area contributed by atoms with Gasteiger partial charge in [-0.3, -0.25) is 9.59 Å². The molecule has 2 aromatic carbocycles. The van der Waals surface area contributed by atoms with Gasteiger partial charge in [0.05, 0.1) is 10.9 Å². The molecule has 0 aliphatic carbocycles. The summed E-state index contributed by atoms with van der Waals surface area (Å²) in [6.07, 6.45) is 0. The summed E-state index contributed by atoms with van der Waals surface area (Å²) < 4.78 is 13.3. The third-order valence-electron chi connectivity index (χ3n) is 3.36. The van der Waals surface area contributed by atoms with Gasteiger partial charge < -0.3 is 10.0 Å². The molecule has 1 atom stereocenters. The molecule has 0 aromatic heterocycles. The molecule has 0 aliphatic heterocycles. The average molecular weight is 336 g/mol. The maximum atomic E-state index is 13.3. The van der Waals surface area contributed by atoms with Gasteiger partial charge in [0.15, 0.2) is 0 Å². The molecule has 1 N–H and O–H groups in total. The fraction of sp³-hybridized carbons (Fsp3) is 0.176. The standard InChI is InChI=1S/C17H15ClFNO3/c1-11(17(22)23)10-20(13-7-8-15(19)14(18)9-13)16(21)12-5-3-2-4-6-12/h2-9,11H,10H2,1H3,(H,22,23). The van der Waals surface area contributed by atoms with Gasteiger partial charge >= 0.3 is 5.97 Å². The third-order valence-corrected chi connectivity index (χ3v) is 3.65. The summed E-state index contributed by atoms with van der Waals surface area (Å²) in [5.41, 5.74) is 0.754. The smallest absolute Gasteiger partial charge is 0.308 e. The summed E-state index contributed by atoms with van der Waals surface area (Å²) in [6.45, 7) is 1.45. The largest absolute Gasteiger partial charge is 0.481 e. The normalized spacial score (nSPS) is 11.8. The van der Waals surface area contributed by atoms with Crippen molar-refractivity contribution < 1.29 is 19.1 Å². The number of anilines is 1. The highest BCUT2D eigenvalue weighted by Crippen LogP contribution is 2.25. The molecule has 4 nitrogen and oxygen atoms in total. The van der Waals surface area contributed by atoms with Gasteiger partial charge in [0, 0.05) is 17.8 Å². The number of carboxylic acids is 1. The zero-order valence-electron chi connectivity index (χ0n) is 12.4. The van der Waals surface area contributed by atoms with E-state index in [1.54, 1.807) is 30.3 Å². The Morgan fingerprint density at radius 2 is 1.87 bits per heavy atom. The van der Waals surface area contributed by atoms with Crippen LogP contribution in [0.25, 0.3) is 0 Å². The number of aliphatic carboxylic acids is 1. The number of carboxylic acid groups (broad SMARTS) is 1. The second-order valence-electron chi connectivity index (χ2n) is 5.12. The second kappa shape index (κ2) is 7.24. The van der Waals surface area contributed by atoms with Crippen molar-refractivity contribution in [2.75, 3.05) is 11.4 Å². The topological polar surface area (TPSA) is 57.6 Å². The van der Waals surface area contributed by atoms with Crippen molar-refractivity contribution in [2.24, 2.45) is 5.92 Å². The summed E-state index contributed by atoms with van der Waals surface area (Å²) in [6, 6.07) is 12.3. The second-order valence-corrected chi connectivity index (χ2v) is 5.53. The zero-order chi connectivity index (χ0) is 17.0. The molecular formula is C17H15ClFNO3. The van der Waals surface area contributed by atoms with Crippen LogP contribution in [0.2, 0.25) is 5.02 Å². The van der Waals surface area contributed by atoms with Crippen LogP contribution in [0.1, 0.15) is 17.3 Å². The Balaban J connectivity index is 2.40. The number of hydrogen-bond acceptors (Lipinski definition) is 2. The van der Waals surface area contributed by atoms with Gasteiger partial charge in [0.2, 0.25) is 0 Å². The first kappa shape index (κ1) is 17.0. The van der Waals surface area contributed by atoms with E-state index in [9.17, 15) is 14.0 Å². The SMILES string of the molecule is CC(CN(C(=O)c1ccccc1)c1ccc(F)c(Cl)c1)C(=O)O. The molecule has 0 saturated carbocycles. The Kier molecular flexibility index (Phi) is 5.34. The van der Waals surface area contributed by atoms with Crippen LogP contribution < -0.4 is 4.90 Å². The van der Waals surface area contributed by atoms with Crippen LogP contribution in [0.4, 0.5) is 10.1 Å². The molecule has 1 unspecified atom stereocenters. The van der Waals surface area contributed by atoms with E-state index in [0.717, 1.165) is 6.07 Å². The van der Waals surface area contributed by atoms with E-state index in [-0.39, 0.29) is 17.5 Å². The molecule has 120 valence electrons. The third kappa shape index (κ3) is 4.07. The van der Waals surface area contributed by atoms with Crippen molar-refractivity contribution in [3.8, 4) is 0 Å². The minimum atomic E-state index is -1.02. The van der Waals surface area contributed by atoms with Gasteiger partial charge in [-0.1, -0.05) is 36.7 Å². The van der Waals surface area contributed by atoms with Gasteiger partial charge in [-0.05, 0) is 30.3 Å². The Bertz CT molecular complexity index is 721. The highest BCUT2D eigenvalue weighted by atomic mass is 35.5. The van der Waals surface area contributed by atoms with Crippen LogP contribution in [-0.4, -0.2) is 23.5 Å². The maximum absolute atomic E-state index is 13.3. The van der Waals surface area contributed by atoms with Gasteiger partial charge in [-0.15, -0.1) is 0 Å². The van der Waals surface area contributed by atoms with E-state index in [1.807, 2.05) is 0 Å². The molecule has 0 fully saturated rings. The van der Waals surface area contributed by atoms with Gasteiger partial charge in [-0.2, -0.15) is 0 Å². The Morgan fingerprint density at radius 1 is 1.22 bits per heavy atom. The minimum absolute atomic E-state index is 0.0506.